The van der Waals surface area contributed by atoms with Crippen LogP contribution < -0.4 is 4.74 Å². The Morgan fingerprint density at radius 2 is 2.05 bits per heavy atom. The third-order valence-corrected chi connectivity index (χ3v) is 4.48. The van der Waals surface area contributed by atoms with Crippen molar-refractivity contribution in [1.29, 1.82) is 0 Å². The van der Waals surface area contributed by atoms with Crippen LogP contribution in [0.25, 0.3) is 0 Å². The summed E-state index contributed by atoms with van der Waals surface area (Å²) in [6.07, 6.45) is 1.88. The normalized spacial score (nSPS) is 10.5. The second-order valence-electron chi connectivity index (χ2n) is 4.27. The first-order chi connectivity index (χ1) is 9.13. The number of hydrogen-bond donors (Lipinski definition) is 0. The number of aryl methyl sites for hydroxylation is 2. The van der Waals surface area contributed by atoms with Crippen molar-refractivity contribution in [2.75, 3.05) is 0 Å². The Morgan fingerprint density at radius 1 is 1.32 bits per heavy atom. The van der Waals surface area contributed by atoms with E-state index < -0.39 is 0 Å². The topological polar surface area (TPSA) is 26.3 Å². The minimum absolute atomic E-state index is 0.508. The van der Waals surface area contributed by atoms with Crippen LogP contribution in [-0.2, 0) is 13.0 Å². The molecule has 0 spiro atoms. The fourth-order valence-corrected chi connectivity index (χ4v) is 3.33. The molecular formula is C15H15BrO2S. The largest absolute Gasteiger partial charge is 0.487 e. The summed E-state index contributed by atoms with van der Waals surface area (Å²) >= 11 is 5.14. The number of aldehydes is 1. The zero-order chi connectivity index (χ0) is 13.8. The van der Waals surface area contributed by atoms with Crippen molar-refractivity contribution in [3.63, 3.8) is 0 Å². The van der Waals surface area contributed by atoms with Crippen molar-refractivity contribution in [2.24, 2.45) is 0 Å². The number of carbonyl (C=O) groups excluding carboxylic acids is 1. The zero-order valence-corrected chi connectivity index (χ0v) is 13.3. The smallest absolute Gasteiger partial charge is 0.153 e. The van der Waals surface area contributed by atoms with E-state index in [9.17, 15) is 4.79 Å². The molecule has 0 aliphatic carbocycles. The van der Waals surface area contributed by atoms with Crippen molar-refractivity contribution in [1.82, 2.24) is 0 Å². The lowest BCUT2D eigenvalue weighted by atomic mass is 10.1. The van der Waals surface area contributed by atoms with Gasteiger partial charge in [0.25, 0.3) is 0 Å². The van der Waals surface area contributed by atoms with Gasteiger partial charge in [-0.1, -0.05) is 22.9 Å². The molecule has 0 N–H and O–H groups in total. The molecule has 0 radical (unpaired) electrons. The van der Waals surface area contributed by atoms with Gasteiger partial charge in [-0.05, 0) is 43.2 Å². The Balaban J connectivity index is 2.17. The molecular weight excluding hydrogens is 324 g/mol. The van der Waals surface area contributed by atoms with Crippen LogP contribution in [0.3, 0.4) is 0 Å². The average Bonchev–Trinajstić information content (AvgIpc) is 2.84. The Hall–Kier alpha value is -1.13. The molecule has 0 aliphatic rings. The molecule has 1 heterocycles. The van der Waals surface area contributed by atoms with E-state index in [0.717, 1.165) is 22.7 Å². The van der Waals surface area contributed by atoms with Crippen molar-refractivity contribution in [3.8, 4) is 5.75 Å². The number of rotatable bonds is 5. The molecule has 100 valence electrons. The number of thiophene rings is 1. The van der Waals surface area contributed by atoms with E-state index in [-0.39, 0.29) is 0 Å². The molecule has 0 unspecified atom stereocenters. The number of ether oxygens (including phenoxy) is 1. The minimum Gasteiger partial charge on any atom is -0.487 e. The van der Waals surface area contributed by atoms with Gasteiger partial charge in [0, 0.05) is 14.2 Å². The summed E-state index contributed by atoms with van der Waals surface area (Å²) in [5.41, 5.74) is 1.54. The highest BCUT2D eigenvalue weighted by molar-refractivity contribution is 9.10. The van der Waals surface area contributed by atoms with E-state index in [0.29, 0.717) is 17.9 Å². The van der Waals surface area contributed by atoms with Gasteiger partial charge in [-0.25, -0.2) is 0 Å². The molecule has 4 heteroatoms. The Kier molecular flexibility index (Phi) is 4.77. The number of halogens is 1. The molecule has 0 saturated carbocycles. The molecule has 19 heavy (non-hydrogen) atoms. The Morgan fingerprint density at radius 3 is 2.68 bits per heavy atom. The van der Waals surface area contributed by atoms with Crippen molar-refractivity contribution < 1.29 is 9.53 Å². The molecule has 0 bridgehead atoms. The van der Waals surface area contributed by atoms with E-state index in [4.69, 9.17) is 4.74 Å². The van der Waals surface area contributed by atoms with E-state index in [1.54, 1.807) is 17.4 Å². The summed E-state index contributed by atoms with van der Waals surface area (Å²) in [6.45, 7) is 4.59. The second kappa shape index (κ2) is 6.35. The summed E-state index contributed by atoms with van der Waals surface area (Å²) in [4.78, 5) is 13.6. The summed E-state index contributed by atoms with van der Waals surface area (Å²) in [5.74, 6) is 0.671. The van der Waals surface area contributed by atoms with Crippen molar-refractivity contribution >= 4 is 33.6 Å². The van der Waals surface area contributed by atoms with Gasteiger partial charge in [0.2, 0.25) is 0 Å². The molecule has 2 aromatic rings. The van der Waals surface area contributed by atoms with Gasteiger partial charge in [0.1, 0.15) is 12.4 Å². The first-order valence-corrected chi connectivity index (χ1v) is 7.70. The van der Waals surface area contributed by atoms with Crippen LogP contribution in [0, 0.1) is 6.92 Å². The number of carbonyl (C=O) groups is 1. The average molecular weight is 339 g/mol. The lowest BCUT2D eigenvalue weighted by Gasteiger charge is -2.11. The van der Waals surface area contributed by atoms with Gasteiger partial charge in [-0.2, -0.15) is 0 Å². The third-order valence-electron chi connectivity index (χ3n) is 2.82. The molecule has 2 rings (SSSR count). The van der Waals surface area contributed by atoms with Gasteiger partial charge in [0.15, 0.2) is 6.29 Å². The minimum atomic E-state index is 0.508. The summed E-state index contributed by atoms with van der Waals surface area (Å²) in [5, 5.41) is 0. The second-order valence-corrected chi connectivity index (χ2v) is 6.44. The van der Waals surface area contributed by atoms with Gasteiger partial charge in [0.05, 0.1) is 5.56 Å². The predicted octanol–water partition coefficient (Wildman–Crippen LogP) is 4.77. The number of benzene rings is 1. The number of hydrogen-bond acceptors (Lipinski definition) is 3. The monoisotopic (exact) mass is 338 g/mol. The van der Waals surface area contributed by atoms with Crippen LogP contribution in [-0.4, -0.2) is 6.29 Å². The molecule has 0 amide bonds. The van der Waals surface area contributed by atoms with Crippen molar-refractivity contribution in [3.05, 3.63) is 49.6 Å². The summed E-state index contributed by atoms with van der Waals surface area (Å²) in [6, 6.07) is 7.94. The summed E-state index contributed by atoms with van der Waals surface area (Å²) < 4.78 is 6.71. The molecule has 1 aromatic heterocycles. The lowest BCUT2D eigenvalue weighted by molar-refractivity contribution is 0.111. The van der Waals surface area contributed by atoms with Crippen LogP contribution in [0.1, 0.15) is 32.6 Å². The van der Waals surface area contributed by atoms with Crippen LogP contribution in [0.15, 0.2) is 28.7 Å². The molecule has 0 atom stereocenters. The Bertz CT molecular complexity index is 590. The maximum Gasteiger partial charge on any atom is 0.153 e. The van der Waals surface area contributed by atoms with Crippen LogP contribution in [0.5, 0.6) is 5.75 Å². The lowest BCUT2D eigenvalue weighted by Crippen LogP contribution is -1.99. The first kappa shape index (κ1) is 14.3. The third kappa shape index (κ3) is 3.45. The SMILES string of the molecule is CCc1ccc(COc2c(C)cc(Br)cc2C=O)s1. The van der Waals surface area contributed by atoms with Gasteiger partial charge >= 0.3 is 0 Å². The highest BCUT2D eigenvalue weighted by Crippen LogP contribution is 2.28. The molecule has 1 aromatic carbocycles. The van der Waals surface area contributed by atoms with Crippen LogP contribution >= 0.6 is 27.3 Å². The molecule has 0 saturated heterocycles. The molecule has 2 nitrogen and oxygen atoms in total. The predicted molar refractivity (Wildman–Crippen MR) is 82.3 cm³/mol. The van der Waals surface area contributed by atoms with E-state index in [2.05, 4.69) is 35.0 Å². The van der Waals surface area contributed by atoms with Gasteiger partial charge in [-0.3, -0.25) is 4.79 Å². The maximum atomic E-state index is 11.1. The Labute approximate surface area is 125 Å². The molecule has 0 fully saturated rings. The highest BCUT2D eigenvalue weighted by Gasteiger charge is 2.09. The molecule has 0 aliphatic heterocycles. The van der Waals surface area contributed by atoms with Gasteiger partial charge in [-0.15, -0.1) is 11.3 Å². The zero-order valence-electron chi connectivity index (χ0n) is 10.9. The van der Waals surface area contributed by atoms with Crippen LogP contribution in [0.4, 0.5) is 0 Å². The fourth-order valence-electron chi connectivity index (χ4n) is 1.87. The quantitative estimate of drug-likeness (QED) is 0.733. The van der Waals surface area contributed by atoms with Gasteiger partial charge < -0.3 is 4.74 Å². The standard InChI is InChI=1S/C15H15BrO2S/c1-3-13-4-5-14(19-13)9-18-15-10(2)6-12(16)7-11(15)8-17/h4-8H,3,9H2,1-2H3. The highest BCUT2D eigenvalue weighted by atomic mass is 79.9. The maximum absolute atomic E-state index is 11.1. The summed E-state index contributed by atoms with van der Waals surface area (Å²) in [7, 11) is 0. The van der Waals surface area contributed by atoms with E-state index in [1.807, 2.05) is 13.0 Å². The van der Waals surface area contributed by atoms with Crippen LogP contribution in [0.2, 0.25) is 0 Å². The fraction of sp³-hybridized carbons (Fsp3) is 0.267. The van der Waals surface area contributed by atoms with E-state index in [1.165, 1.54) is 9.75 Å². The van der Waals surface area contributed by atoms with E-state index >= 15 is 0 Å². The van der Waals surface area contributed by atoms with Crippen molar-refractivity contribution in [2.45, 2.75) is 26.9 Å². The first-order valence-electron chi connectivity index (χ1n) is 6.09.